The van der Waals surface area contributed by atoms with Crippen LogP contribution < -0.4 is 5.32 Å². The van der Waals surface area contributed by atoms with Crippen LogP contribution in [-0.4, -0.2) is 34.7 Å². The third-order valence-electron chi connectivity index (χ3n) is 1.75. The molecule has 0 aliphatic carbocycles. The first-order valence-electron chi connectivity index (χ1n) is 3.99. The van der Waals surface area contributed by atoms with E-state index in [1.807, 2.05) is 20.8 Å². The number of thioether (sulfide) groups is 1. The van der Waals surface area contributed by atoms with Crippen LogP contribution in [0.1, 0.15) is 20.8 Å². The molecule has 0 rings (SSSR count). The highest BCUT2D eigenvalue weighted by Crippen LogP contribution is 2.27. The summed E-state index contributed by atoms with van der Waals surface area (Å²) in [6, 6.07) is -0.484. The van der Waals surface area contributed by atoms with Crippen LogP contribution >= 0.6 is 11.8 Å². The van der Waals surface area contributed by atoms with Crippen LogP contribution in [0.5, 0.6) is 0 Å². The van der Waals surface area contributed by atoms with Crippen molar-refractivity contribution in [2.24, 2.45) is 0 Å². The molecule has 0 radical (unpaired) electrons. The summed E-state index contributed by atoms with van der Waals surface area (Å²) >= 11 is 1.65. The van der Waals surface area contributed by atoms with Gasteiger partial charge in [0.2, 0.25) is 0 Å². The molecule has 0 aliphatic heterocycles. The maximum atomic E-state index is 10.8. The zero-order valence-electron chi connectivity index (χ0n) is 8.05. The van der Waals surface area contributed by atoms with E-state index < -0.39 is 12.0 Å². The number of rotatable bonds is 5. The number of carboxylic acids is 1. The minimum Gasteiger partial charge on any atom is -0.480 e. The first-order chi connectivity index (χ1) is 5.45. The lowest BCUT2D eigenvalue weighted by Gasteiger charge is -2.29. The molecule has 0 aliphatic rings. The Morgan fingerprint density at radius 2 is 2.17 bits per heavy atom. The van der Waals surface area contributed by atoms with E-state index in [-0.39, 0.29) is 4.75 Å². The van der Waals surface area contributed by atoms with Gasteiger partial charge in [0.1, 0.15) is 6.04 Å². The average molecular weight is 191 g/mol. The maximum Gasteiger partial charge on any atom is 0.322 e. The van der Waals surface area contributed by atoms with Crippen molar-refractivity contribution < 1.29 is 9.90 Å². The van der Waals surface area contributed by atoms with E-state index in [2.05, 4.69) is 5.32 Å². The molecule has 12 heavy (non-hydrogen) atoms. The molecule has 0 aromatic heterocycles. The minimum atomic E-state index is -0.788. The van der Waals surface area contributed by atoms with E-state index in [0.29, 0.717) is 0 Å². The SMILES string of the molecule is CCSC(C)(C)C(NC)C(=O)O. The molecular formula is C8H17NO2S. The normalized spacial score (nSPS) is 14.3. The molecule has 3 nitrogen and oxygen atoms in total. The van der Waals surface area contributed by atoms with Gasteiger partial charge in [-0.2, -0.15) is 11.8 Å². The van der Waals surface area contributed by atoms with E-state index in [4.69, 9.17) is 5.11 Å². The summed E-state index contributed by atoms with van der Waals surface area (Å²) in [7, 11) is 1.68. The summed E-state index contributed by atoms with van der Waals surface area (Å²) in [6.07, 6.45) is 0. The fourth-order valence-corrected chi connectivity index (χ4v) is 2.35. The number of nitrogens with one attached hydrogen (secondary N) is 1. The number of carbonyl (C=O) groups is 1. The molecule has 0 heterocycles. The molecule has 1 atom stereocenters. The first kappa shape index (κ1) is 11.8. The second-order valence-electron chi connectivity index (χ2n) is 3.10. The lowest BCUT2D eigenvalue weighted by molar-refractivity contribution is -0.139. The average Bonchev–Trinajstić information content (AvgIpc) is 1.86. The monoisotopic (exact) mass is 191 g/mol. The first-order valence-corrected chi connectivity index (χ1v) is 4.98. The Balaban J connectivity index is 4.36. The van der Waals surface area contributed by atoms with Crippen molar-refractivity contribution in [2.45, 2.75) is 31.6 Å². The molecule has 0 aromatic rings. The number of hydrogen-bond donors (Lipinski definition) is 2. The third-order valence-corrected chi connectivity index (χ3v) is 3.02. The van der Waals surface area contributed by atoms with Gasteiger partial charge in [0, 0.05) is 4.75 Å². The van der Waals surface area contributed by atoms with Gasteiger partial charge in [-0.25, -0.2) is 0 Å². The van der Waals surface area contributed by atoms with Gasteiger partial charge in [0.05, 0.1) is 0 Å². The summed E-state index contributed by atoms with van der Waals surface area (Å²) in [4.78, 5) is 10.8. The fourth-order valence-electron chi connectivity index (χ4n) is 1.22. The Morgan fingerprint density at radius 3 is 2.42 bits per heavy atom. The molecule has 0 saturated heterocycles. The van der Waals surface area contributed by atoms with Gasteiger partial charge < -0.3 is 10.4 Å². The molecule has 0 bridgehead atoms. The van der Waals surface area contributed by atoms with Crippen molar-refractivity contribution >= 4 is 17.7 Å². The minimum absolute atomic E-state index is 0.255. The third kappa shape index (κ3) is 3.03. The number of likely N-dealkylation sites (N-methyl/N-ethyl adjacent to an activating group) is 1. The molecular weight excluding hydrogens is 174 g/mol. The quantitative estimate of drug-likeness (QED) is 0.685. The Hall–Kier alpha value is -0.220. The largest absolute Gasteiger partial charge is 0.480 e. The van der Waals surface area contributed by atoms with Crippen LogP contribution in [-0.2, 0) is 4.79 Å². The fraction of sp³-hybridized carbons (Fsp3) is 0.875. The zero-order chi connectivity index (χ0) is 9.78. The molecule has 0 amide bonds. The van der Waals surface area contributed by atoms with Crippen molar-refractivity contribution in [2.75, 3.05) is 12.8 Å². The van der Waals surface area contributed by atoms with Gasteiger partial charge >= 0.3 is 5.97 Å². The highest BCUT2D eigenvalue weighted by Gasteiger charge is 2.33. The van der Waals surface area contributed by atoms with Crippen molar-refractivity contribution in [1.29, 1.82) is 0 Å². The summed E-state index contributed by atoms with van der Waals surface area (Å²) in [5.41, 5.74) is 0. The zero-order valence-corrected chi connectivity index (χ0v) is 8.86. The highest BCUT2D eigenvalue weighted by atomic mass is 32.2. The molecule has 0 saturated carbocycles. The highest BCUT2D eigenvalue weighted by molar-refractivity contribution is 8.00. The lowest BCUT2D eigenvalue weighted by Crippen LogP contribution is -2.48. The Morgan fingerprint density at radius 1 is 1.67 bits per heavy atom. The van der Waals surface area contributed by atoms with Crippen molar-refractivity contribution in [3.63, 3.8) is 0 Å². The van der Waals surface area contributed by atoms with Crippen LogP contribution in [0, 0.1) is 0 Å². The van der Waals surface area contributed by atoms with E-state index in [1.165, 1.54) is 0 Å². The summed E-state index contributed by atoms with van der Waals surface area (Å²) < 4.78 is -0.255. The van der Waals surface area contributed by atoms with E-state index in [0.717, 1.165) is 5.75 Å². The summed E-state index contributed by atoms with van der Waals surface area (Å²) in [5.74, 6) is 0.141. The van der Waals surface area contributed by atoms with Crippen LogP contribution in [0.4, 0.5) is 0 Å². The van der Waals surface area contributed by atoms with Crippen molar-refractivity contribution in [3.8, 4) is 0 Å². The van der Waals surface area contributed by atoms with Gasteiger partial charge in [-0.1, -0.05) is 6.92 Å². The van der Waals surface area contributed by atoms with Crippen LogP contribution in [0.25, 0.3) is 0 Å². The van der Waals surface area contributed by atoms with Gasteiger partial charge in [-0.3, -0.25) is 4.79 Å². The second kappa shape index (κ2) is 4.72. The number of hydrogen-bond acceptors (Lipinski definition) is 3. The van der Waals surface area contributed by atoms with E-state index in [9.17, 15) is 4.79 Å². The molecule has 4 heteroatoms. The van der Waals surface area contributed by atoms with Gasteiger partial charge in [-0.15, -0.1) is 0 Å². The molecule has 2 N–H and O–H groups in total. The predicted molar refractivity (Wildman–Crippen MR) is 52.7 cm³/mol. The standard InChI is InChI=1S/C8H17NO2S/c1-5-12-8(2,3)6(9-4)7(10)11/h6,9H,5H2,1-4H3,(H,10,11). The maximum absolute atomic E-state index is 10.8. The lowest BCUT2D eigenvalue weighted by atomic mass is 10.0. The second-order valence-corrected chi connectivity index (χ2v) is 5.01. The number of carboxylic acid groups (broad SMARTS) is 1. The molecule has 0 fully saturated rings. The van der Waals surface area contributed by atoms with Gasteiger partial charge in [-0.05, 0) is 26.6 Å². The molecule has 0 aromatic carbocycles. The Bertz CT molecular complexity index is 159. The predicted octanol–water partition coefficient (Wildman–Crippen LogP) is 1.19. The van der Waals surface area contributed by atoms with Gasteiger partial charge in [0.15, 0.2) is 0 Å². The smallest absolute Gasteiger partial charge is 0.322 e. The van der Waals surface area contributed by atoms with Crippen molar-refractivity contribution in [3.05, 3.63) is 0 Å². The van der Waals surface area contributed by atoms with Crippen molar-refractivity contribution in [1.82, 2.24) is 5.32 Å². The molecule has 1 unspecified atom stereocenters. The molecule has 0 spiro atoms. The summed E-state index contributed by atoms with van der Waals surface area (Å²) in [6.45, 7) is 5.91. The molecule has 72 valence electrons. The summed E-state index contributed by atoms with van der Waals surface area (Å²) in [5, 5.41) is 11.7. The van der Waals surface area contributed by atoms with Gasteiger partial charge in [0.25, 0.3) is 0 Å². The van der Waals surface area contributed by atoms with E-state index >= 15 is 0 Å². The Labute approximate surface area is 77.9 Å². The van der Waals surface area contributed by atoms with Crippen LogP contribution in [0.15, 0.2) is 0 Å². The van der Waals surface area contributed by atoms with Crippen LogP contribution in [0.3, 0.4) is 0 Å². The van der Waals surface area contributed by atoms with Crippen LogP contribution in [0.2, 0.25) is 0 Å². The number of aliphatic carboxylic acids is 1. The Kier molecular flexibility index (Phi) is 4.63. The topological polar surface area (TPSA) is 49.3 Å². The van der Waals surface area contributed by atoms with E-state index in [1.54, 1.807) is 18.8 Å².